The van der Waals surface area contributed by atoms with Crippen LogP contribution in [-0.4, -0.2) is 32.7 Å². The van der Waals surface area contributed by atoms with Gasteiger partial charge in [-0.3, -0.25) is 10.1 Å². The summed E-state index contributed by atoms with van der Waals surface area (Å²) in [6, 6.07) is 13.6. The summed E-state index contributed by atoms with van der Waals surface area (Å²) in [6.45, 7) is 0.512. The molecule has 0 saturated carbocycles. The lowest BCUT2D eigenvalue weighted by molar-refractivity contribution is -0.384. The Bertz CT molecular complexity index is 811. The first-order valence-electron chi connectivity index (χ1n) is 7.08. The van der Waals surface area contributed by atoms with Gasteiger partial charge in [0.05, 0.1) is 9.82 Å². The molecule has 2 aromatic carbocycles. The van der Waals surface area contributed by atoms with Crippen LogP contribution < -0.4 is 10.0 Å². The second-order valence-corrected chi connectivity index (χ2v) is 7.79. The van der Waals surface area contributed by atoms with Crippen LogP contribution in [0.1, 0.15) is 0 Å². The van der Waals surface area contributed by atoms with Crippen LogP contribution in [0.3, 0.4) is 0 Å². The van der Waals surface area contributed by atoms with Gasteiger partial charge in [-0.2, -0.15) is 0 Å². The Labute approximate surface area is 144 Å². The second-order valence-electron chi connectivity index (χ2n) is 4.73. The van der Waals surface area contributed by atoms with Gasteiger partial charge in [-0.05, 0) is 31.3 Å². The number of rotatable bonds is 8. The van der Waals surface area contributed by atoms with Gasteiger partial charge in [-0.1, -0.05) is 18.2 Å². The molecule has 9 heteroatoms. The number of nitro benzene ring substituents is 1. The zero-order valence-electron chi connectivity index (χ0n) is 12.9. The minimum atomic E-state index is -3.72. The van der Waals surface area contributed by atoms with Crippen LogP contribution in [0.15, 0.2) is 58.3 Å². The van der Waals surface area contributed by atoms with Crippen molar-refractivity contribution in [3.05, 3.63) is 58.6 Å². The molecule has 0 saturated heterocycles. The molecule has 0 radical (unpaired) electrons. The monoisotopic (exact) mass is 367 g/mol. The Balaban J connectivity index is 2.05. The number of nitrogens with one attached hydrogen (secondary N) is 2. The lowest BCUT2D eigenvalue weighted by Crippen LogP contribution is -2.19. The highest BCUT2D eigenvalue weighted by atomic mass is 32.2. The van der Waals surface area contributed by atoms with Crippen LogP contribution in [-0.2, 0) is 10.0 Å². The maximum Gasteiger partial charge on any atom is 0.293 e. The van der Waals surface area contributed by atoms with Gasteiger partial charge in [0, 0.05) is 23.3 Å². The average molecular weight is 367 g/mol. The van der Waals surface area contributed by atoms with E-state index in [-0.39, 0.29) is 10.6 Å². The van der Waals surface area contributed by atoms with Crippen LogP contribution in [0.5, 0.6) is 0 Å². The molecule has 0 aromatic heterocycles. The molecule has 0 unspecified atom stereocenters. The summed E-state index contributed by atoms with van der Waals surface area (Å²) in [7, 11) is -2.46. The van der Waals surface area contributed by atoms with Crippen LogP contribution in [0.25, 0.3) is 0 Å². The van der Waals surface area contributed by atoms with Crippen molar-refractivity contribution in [1.29, 1.82) is 0 Å². The fourth-order valence-corrected chi connectivity index (χ4v) is 3.51. The van der Waals surface area contributed by atoms with Crippen molar-refractivity contribution >= 4 is 33.2 Å². The van der Waals surface area contributed by atoms with E-state index >= 15 is 0 Å². The van der Waals surface area contributed by atoms with Crippen molar-refractivity contribution in [2.45, 2.75) is 9.79 Å². The van der Waals surface area contributed by atoms with Gasteiger partial charge < -0.3 is 5.32 Å². The molecule has 0 heterocycles. The van der Waals surface area contributed by atoms with Gasteiger partial charge >= 0.3 is 0 Å². The number of nitro groups is 1. The smallest absolute Gasteiger partial charge is 0.293 e. The average Bonchev–Trinajstić information content (AvgIpc) is 2.59. The van der Waals surface area contributed by atoms with Gasteiger partial charge in [0.15, 0.2) is 0 Å². The lowest BCUT2D eigenvalue weighted by atomic mass is 10.2. The number of nitrogens with zero attached hydrogens (tertiary/aromatic N) is 1. The number of benzene rings is 2. The maximum absolute atomic E-state index is 11.7. The lowest BCUT2D eigenvalue weighted by Gasteiger charge is -2.09. The van der Waals surface area contributed by atoms with E-state index in [1.54, 1.807) is 11.8 Å². The number of thioether (sulfide) groups is 1. The highest BCUT2D eigenvalue weighted by Gasteiger charge is 2.20. The third-order valence-electron chi connectivity index (χ3n) is 3.17. The zero-order valence-corrected chi connectivity index (χ0v) is 14.6. The molecule has 2 rings (SSSR count). The first-order valence-corrected chi connectivity index (χ1v) is 9.54. The molecule has 0 fully saturated rings. The SMILES string of the molecule is CNS(=O)(=O)c1ccc(NCCSc2ccccc2)c([N+](=O)[O-])c1. The Hall–Kier alpha value is -2.10. The van der Waals surface area contributed by atoms with E-state index in [2.05, 4.69) is 10.0 Å². The molecule has 0 aliphatic heterocycles. The molecule has 0 spiro atoms. The first-order chi connectivity index (χ1) is 11.4. The predicted molar refractivity (Wildman–Crippen MR) is 95.0 cm³/mol. The van der Waals surface area contributed by atoms with Crippen molar-refractivity contribution in [2.24, 2.45) is 0 Å². The van der Waals surface area contributed by atoms with Gasteiger partial charge in [-0.15, -0.1) is 11.8 Å². The number of hydrogen-bond acceptors (Lipinski definition) is 6. The van der Waals surface area contributed by atoms with Crippen molar-refractivity contribution in [3.8, 4) is 0 Å². The van der Waals surface area contributed by atoms with E-state index in [9.17, 15) is 18.5 Å². The van der Waals surface area contributed by atoms with Crippen LogP contribution in [0.4, 0.5) is 11.4 Å². The minimum Gasteiger partial charge on any atom is -0.379 e. The van der Waals surface area contributed by atoms with Crippen LogP contribution in [0.2, 0.25) is 0 Å². The molecule has 0 aliphatic carbocycles. The van der Waals surface area contributed by atoms with E-state index in [0.717, 1.165) is 16.7 Å². The third kappa shape index (κ3) is 4.70. The van der Waals surface area contributed by atoms with Crippen molar-refractivity contribution < 1.29 is 13.3 Å². The largest absolute Gasteiger partial charge is 0.379 e. The summed E-state index contributed by atoms with van der Waals surface area (Å²) in [5.41, 5.74) is 0.0275. The van der Waals surface area contributed by atoms with E-state index in [0.29, 0.717) is 12.2 Å². The number of anilines is 1. The molecule has 128 valence electrons. The fraction of sp³-hybridized carbons (Fsp3) is 0.200. The summed E-state index contributed by atoms with van der Waals surface area (Å²) in [6.07, 6.45) is 0. The van der Waals surface area contributed by atoms with Crippen LogP contribution >= 0.6 is 11.8 Å². The van der Waals surface area contributed by atoms with Crippen molar-refractivity contribution in [2.75, 3.05) is 24.7 Å². The van der Waals surface area contributed by atoms with Crippen LogP contribution in [0, 0.1) is 10.1 Å². The molecule has 0 amide bonds. The van der Waals surface area contributed by atoms with Crippen molar-refractivity contribution in [3.63, 3.8) is 0 Å². The maximum atomic E-state index is 11.7. The van der Waals surface area contributed by atoms with Gasteiger partial charge in [-0.25, -0.2) is 13.1 Å². The molecule has 2 N–H and O–H groups in total. The van der Waals surface area contributed by atoms with E-state index in [1.807, 2.05) is 30.3 Å². The zero-order chi connectivity index (χ0) is 17.6. The summed E-state index contributed by atoms with van der Waals surface area (Å²) < 4.78 is 25.6. The van der Waals surface area contributed by atoms with E-state index < -0.39 is 14.9 Å². The van der Waals surface area contributed by atoms with E-state index in [1.165, 1.54) is 19.2 Å². The first kappa shape index (κ1) is 18.2. The summed E-state index contributed by atoms with van der Waals surface area (Å²) in [5, 5.41) is 14.2. The molecular formula is C15H17N3O4S2. The molecular weight excluding hydrogens is 350 g/mol. The second kappa shape index (κ2) is 8.13. The molecule has 7 nitrogen and oxygen atoms in total. The Morgan fingerprint density at radius 2 is 1.88 bits per heavy atom. The molecule has 0 bridgehead atoms. The standard InChI is InChI=1S/C15H17N3O4S2/c1-16-24(21,22)13-7-8-14(15(11-13)18(19)20)17-9-10-23-12-5-3-2-4-6-12/h2-8,11,16-17H,9-10H2,1H3. The quantitative estimate of drug-likeness (QED) is 0.322. The summed E-state index contributed by atoms with van der Waals surface area (Å²) >= 11 is 1.63. The van der Waals surface area contributed by atoms with Gasteiger partial charge in [0.2, 0.25) is 10.0 Å². The molecule has 24 heavy (non-hydrogen) atoms. The van der Waals surface area contributed by atoms with E-state index in [4.69, 9.17) is 0 Å². The number of sulfonamides is 1. The summed E-state index contributed by atoms with van der Waals surface area (Å²) in [5.74, 6) is 0.720. The molecule has 2 aromatic rings. The van der Waals surface area contributed by atoms with Gasteiger partial charge in [0.1, 0.15) is 5.69 Å². The Kier molecular flexibility index (Phi) is 6.18. The van der Waals surface area contributed by atoms with Gasteiger partial charge in [0.25, 0.3) is 5.69 Å². The Morgan fingerprint density at radius 3 is 2.50 bits per heavy atom. The third-order valence-corrected chi connectivity index (χ3v) is 5.60. The molecule has 0 aliphatic rings. The summed E-state index contributed by atoms with van der Waals surface area (Å²) in [4.78, 5) is 11.6. The topological polar surface area (TPSA) is 101 Å². The highest BCUT2D eigenvalue weighted by Crippen LogP contribution is 2.27. The van der Waals surface area contributed by atoms with Crippen molar-refractivity contribution in [1.82, 2.24) is 4.72 Å². The number of hydrogen-bond donors (Lipinski definition) is 2. The normalized spacial score (nSPS) is 11.2. The Morgan fingerprint density at radius 1 is 1.17 bits per heavy atom. The predicted octanol–water partition coefficient (Wildman–Crippen LogP) is 2.71. The fourth-order valence-electron chi connectivity index (χ4n) is 1.97. The minimum absolute atomic E-state index is 0.138. The highest BCUT2D eigenvalue weighted by molar-refractivity contribution is 7.99. The molecule has 0 atom stereocenters.